The molecule has 5 rings (SSSR count). The van der Waals surface area contributed by atoms with Crippen LogP contribution in [-0.2, 0) is 5.60 Å². The Kier molecular flexibility index (Phi) is 7.53. The summed E-state index contributed by atoms with van der Waals surface area (Å²) >= 11 is 0. The summed E-state index contributed by atoms with van der Waals surface area (Å²) in [6, 6.07) is 17.8. The molecule has 39 heavy (non-hydrogen) atoms. The average molecular weight is 537 g/mol. The lowest BCUT2D eigenvalue weighted by Gasteiger charge is -2.42. The molecule has 0 bridgehead atoms. The number of benzene rings is 3. The van der Waals surface area contributed by atoms with Crippen LogP contribution < -0.4 is 18.9 Å². The summed E-state index contributed by atoms with van der Waals surface area (Å²) in [5.74, 6) is 1.71. The molecule has 2 heterocycles. The molecule has 2 aliphatic heterocycles. The van der Waals surface area contributed by atoms with Gasteiger partial charge in [-0.25, -0.2) is 4.79 Å². The fraction of sp³-hybridized carbons (Fsp3) is 0.321. The third-order valence-electron chi connectivity index (χ3n) is 7.06. The van der Waals surface area contributed by atoms with Gasteiger partial charge in [0.15, 0.2) is 11.5 Å². The van der Waals surface area contributed by atoms with Gasteiger partial charge in [-0.15, -0.1) is 0 Å². The number of carbonyl (C=O) groups excluding carboxylic acids is 1. The SMILES string of the molecule is O=C(Oc1ccc([N+](=O)[O-])cc1)N1CCC(C(O)(c2ccc(OCCO)cc2)c2ccc3c(c2)OCO3)CC1. The van der Waals surface area contributed by atoms with Crippen molar-refractivity contribution < 1.29 is 38.9 Å². The van der Waals surface area contributed by atoms with E-state index >= 15 is 0 Å². The zero-order chi connectivity index (χ0) is 27.4. The number of hydrogen-bond donors (Lipinski definition) is 2. The first-order valence-corrected chi connectivity index (χ1v) is 12.6. The van der Waals surface area contributed by atoms with E-state index in [0.717, 1.165) is 0 Å². The molecule has 204 valence electrons. The predicted octanol–water partition coefficient (Wildman–Crippen LogP) is 3.84. The molecule has 2 aliphatic rings. The molecule has 2 N–H and O–H groups in total. The number of ether oxygens (including phenoxy) is 4. The zero-order valence-electron chi connectivity index (χ0n) is 21.0. The number of likely N-dealkylation sites (tertiary alicyclic amines) is 1. The van der Waals surface area contributed by atoms with Crippen LogP contribution in [0, 0.1) is 16.0 Å². The Balaban J connectivity index is 1.34. The first kappa shape index (κ1) is 26.3. The monoisotopic (exact) mass is 536 g/mol. The summed E-state index contributed by atoms with van der Waals surface area (Å²) < 4.78 is 21.9. The standard InChI is InChI=1S/C28H28N2O9/c31-15-16-36-23-6-1-19(2-7-23)28(33,21-3-10-25-26(17-21)38-18-37-25)20-11-13-29(14-12-20)27(32)39-24-8-4-22(5-9-24)30(34)35/h1-10,17,20,31,33H,11-16,18H2. The van der Waals surface area contributed by atoms with Crippen molar-refractivity contribution in [2.24, 2.45) is 5.92 Å². The van der Waals surface area contributed by atoms with E-state index in [2.05, 4.69) is 0 Å². The van der Waals surface area contributed by atoms with Crippen molar-refractivity contribution in [1.29, 1.82) is 0 Å². The predicted molar refractivity (Wildman–Crippen MR) is 138 cm³/mol. The number of aliphatic hydroxyl groups is 2. The van der Waals surface area contributed by atoms with Gasteiger partial charge in [-0.2, -0.15) is 0 Å². The highest BCUT2D eigenvalue weighted by Crippen LogP contribution is 2.45. The summed E-state index contributed by atoms with van der Waals surface area (Å²) in [6.07, 6.45) is 0.422. The molecule has 1 atom stereocenters. The normalized spacial score (nSPS) is 16.4. The lowest BCUT2D eigenvalue weighted by atomic mass is 9.72. The fourth-order valence-corrected chi connectivity index (χ4v) is 5.02. The van der Waals surface area contributed by atoms with E-state index < -0.39 is 16.6 Å². The minimum Gasteiger partial charge on any atom is -0.491 e. The number of non-ortho nitro benzene ring substituents is 1. The number of carbonyl (C=O) groups is 1. The molecule has 0 saturated carbocycles. The number of fused-ring (bicyclic) bond motifs is 1. The maximum Gasteiger partial charge on any atom is 0.415 e. The molecule has 3 aromatic rings. The average Bonchev–Trinajstić information content (AvgIpc) is 3.44. The second-order valence-electron chi connectivity index (χ2n) is 9.31. The first-order chi connectivity index (χ1) is 18.9. The topological polar surface area (TPSA) is 141 Å². The van der Waals surface area contributed by atoms with E-state index in [1.54, 1.807) is 41.3 Å². The summed E-state index contributed by atoms with van der Waals surface area (Å²) in [5.41, 5.74) is -0.191. The van der Waals surface area contributed by atoms with Gasteiger partial charge in [0.2, 0.25) is 6.79 Å². The van der Waals surface area contributed by atoms with Crippen molar-refractivity contribution in [2.45, 2.75) is 18.4 Å². The van der Waals surface area contributed by atoms with Gasteiger partial charge in [0.05, 0.1) is 11.5 Å². The lowest BCUT2D eigenvalue weighted by molar-refractivity contribution is -0.384. The van der Waals surface area contributed by atoms with Crippen LogP contribution in [0.3, 0.4) is 0 Å². The molecule has 0 aromatic heterocycles. The van der Waals surface area contributed by atoms with Crippen LogP contribution in [-0.4, -0.2) is 59.2 Å². The van der Waals surface area contributed by atoms with E-state index in [0.29, 0.717) is 54.3 Å². The Bertz CT molecular complexity index is 1320. The number of aliphatic hydroxyl groups excluding tert-OH is 1. The highest BCUT2D eigenvalue weighted by atomic mass is 16.7. The van der Waals surface area contributed by atoms with E-state index in [-0.39, 0.29) is 37.4 Å². The van der Waals surface area contributed by atoms with E-state index in [1.807, 2.05) is 6.07 Å². The van der Waals surface area contributed by atoms with Crippen molar-refractivity contribution in [3.8, 4) is 23.0 Å². The number of hydrogen-bond acceptors (Lipinski definition) is 9. The molecule has 0 aliphatic carbocycles. The van der Waals surface area contributed by atoms with Gasteiger partial charge in [-0.3, -0.25) is 10.1 Å². The molecule has 0 spiro atoms. The molecule has 11 nitrogen and oxygen atoms in total. The van der Waals surface area contributed by atoms with Crippen LogP contribution in [0.15, 0.2) is 66.7 Å². The van der Waals surface area contributed by atoms with E-state index in [1.165, 1.54) is 24.3 Å². The molecular formula is C28H28N2O9. The third-order valence-corrected chi connectivity index (χ3v) is 7.06. The van der Waals surface area contributed by atoms with Crippen molar-refractivity contribution in [1.82, 2.24) is 4.90 Å². The maximum absolute atomic E-state index is 12.8. The molecule has 3 aromatic carbocycles. The van der Waals surface area contributed by atoms with Gasteiger partial charge in [-0.1, -0.05) is 18.2 Å². The minimum absolute atomic E-state index is 0.0913. The van der Waals surface area contributed by atoms with Crippen molar-refractivity contribution in [2.75, 3.05) is 33.1 Å². The third kappa shape index (κ3) is 5.45. The van der Waals surface area contributed by atoms with Gasteiger partial charge < -0.3 is 34.1 Å². The van der Waals surface area contributed by atoms with Gasteiger partial charge in [0.25, 0.3) is 5.69 Å². The van der Waals surface area contributed by atoms with Gasteiger partial charge in [0.1, 0.15) is 23.7 Å². The Hall–Kier alpha value is -4.35. The number of nitro groups is 1. The second kappa shape index (κ2) is 11.2. The van der Waals surface area contributed by atoms with Gasteiger partial charge in [-0.05, 0) is 66.3 Å². The molecule has 1 saturated heterocycles. The van der Waals surface area contributed by atoms with Crippen molar-refractivity contribution in [3.05, 3.63) is 88.0 Å². The fourth-order valence-electron chi connectivity index (χ4n) is 5.02. The Labute approximate surface area is 224 Å². The van der Waals surface area contributed by atoms with Crippen LogP contribution in [0.2, 0.25) is 0 Å². The zero-order valence-corrected chi connectivity index (χ0v) is 21.0. The van der Waals surface area contributed by atoms with Crippen LogP contribution >= 0.6 is 0 Å². The largest absolute Gasteiger partial charge is 0.491 e. The molecule has 1 fully saturated rings. The number of rotatable bonds is 8. The summed E-state index contributed by atoms with van der Waals surface area (Å²) in [4.78, 5) is 24.7. The van der Waals surface area contributed by atoms with Gasteiger partial charge >= 0.3 is 6.09 Å². The summed E-state index contributed by atoms with van der Waals surface area (Å²) in [6.45, 7) is 0.875. The number of nitro benzene ring substituents is 1. The van der Waals surface area contributed by atoms with Crippen LogP contribution in [0.4, 0.5) is 10.5 Å². The van der Waals surface area contributed by atoms with Crippen LogP contribution in [0.5, 0.6) is 23.0 Å². The molecule has 1 amide bonds. The summed E-state index contributed by atoms with van der Waals surface area (Å²) in [5, 5.41) is 32.2. The second-order valence-corrected chi connectivity index (χ2v) is 9.31. The Morgan fingerprint density at radius 3 is 2.28 bits per heavy atom. The molecule has 0 radical (unpaired) electrons. The smallest absolute Gasteiger partial charge is 0.415 e. The maximum atomic E-state index is 12.8. The van der Waals surface area contributed by atoms with Crippen molar-refractivity contribution >= 4 is 11.8 Å². The molecular weight excluding hydrogens is 508 g/mol. The highest BCUT2D eigenvalue weighted by Gasteiger charge is 2.43. The van der Waals surface area contributed by atoms with Crippen molar-refractivity contribution in [3.63, 3.8) is 0 Å². The summed E-state index contributed by atoms with van der Waals surface area (Å²) in [7, 11) is 0. The van der Waals surface area contributed by atoms with E-state index in [4.69, 9.17) is 24.1 Å². The van der Waals surface area contributed by atoms with E-state index in [9.17, 15) is 20.0 Å². The Morgan fingerprint density at radius 1 is 0.974 bits per heavy atom. The molecule has 11 heteroatoms. The number of nitrogens with zero attached hydrogens (tertiary/aromatic N) is 2. The highest BCUT2D eigenvalue weighted by molar-refractivity contribution is 5.71. The first-order valence-electron chi connectivity index (χ1n) is 12.6. The molecule has 1 unspecified atom stereocenters. The lowest BCUT2D eigenvalue weighted by Crippen LogP contribution is -2.46. The minimum atomic E-state index is -1.40. The number of amides is 1. The van der Waals surface area contributed by atoms with Gasteiger partial charge in [0, 0.05) is 25.2 Å². The Morgan fingerprint density at radius 2 is 1.62 bits per heavy atom. The quantitative estimate of drug-likeness (QED) is 0.324. The van der Waals surface area contributed by atoms with Crippen LogP contribution in [0.25, 0.3) is 0 Å². The van der Waals surface area contributed by atoms with Crippen LogP contribution in [0.1, 0.15) is 24.0 Å². The number of piperidine rings is 1.